The second-order valence-corrected chi connectivity index (χ2v) is 3.02. The van der Waals surface area contributed by atoms with Crippen LogP contribution in [-0.4, -0.2) is 15.5 Å². The molecule has 3 N–H and O–H groups in total. The molecule has 2 heterocycles. The van der Waals surface area contributed by atoms with Crippen molar-refractivity contribution in [1.82, 2.24) is 4.40 Å². The summed E-state index contributed by atoms with van der Waals surface area (Å²) in [6.07, 6.45) is 1.72. The number of aromatic nitrogens is 1. The molecule has 2 rings (SSSR count). The molecule has 0 atom stereocenters. The molecule has 0 saturated carbocycles. The van der Waals surface area contributed by atoms with Crippen LogP contribution < -0.4 is 5.73 Å². The Kier molecular flexibility index (Phi) is 1.98. The van der Waals surface area contributed by atoms with Crippen molar-refractivity contribution in [3.05, 3.63) is 41.7 Å². The number of rotatable bonds is 2. The number of fused-ring (bicyclic) bond motifs is 1. The molecule has 0 spiro atoms. The molecule has 4 nitrogen and oxygen atoms in total. The van der Waals surface area contributed by atoms with Crippen LogP contribution in [0.5, 0.6) is 0 Å². The van der Waals surface area contributed by atoms with Crippen molar-refractivity contribution in [3.63, 3.8) is 0 Å². The van der Waals surface area contributed by atoms with E-state index in [1.54, 1.807) is 22.7 Å². The molecule has 0 unspecified atom stereocenters. The smallest absolute Gasteiger partial charge is 0.352 e. The van der Waals surface area contributed by atoms with Crippen LogP contribution >= 0.6 is 0 Å². The number of nitrogens with two attached hydrogens (primary N) is 1. The number of carboxylic acids is 1. The highest BCUT2D eigenvalue weighted by Crippen LogP contribution is 2.16. The van der Waals surface area contributed by atoms with Gasteiger partial charge in [-0.3, -0.25) is 0 Å². The lowest BCUT2D eigenvalue weighted by Crippen LogP contribution is -2.00. The van der Waals surface area contributed by atoms with Gasteiger partial charge in [0.1, 0.15) is 5.69 Å². The number of hydrogen-bond donors (Lipinski definition) is 2. The summed E-state index contributed by atoms with van der Waals surface area (Å²) in [5.41, 5.74) is 7.48. The summed E-state index contributed by atoms with van der Waals surface area (Å²) < 4.78 is 1.63. The second kappa shape index (κ2) is 3.16. The van der Waals surface area contributed by atoms with E-state index >= 15 is 0 Å². The number of nitrogens with zero attached hydrogens (tertiary/aromatic N) is 1. The van der Waals surface area contributed by atoms with Gasteiger partial charge in [-0.25, -0.2) is 4.79 Å². The first-order valence-electron chi connectivity index (χ1n) is 4.26. The zero-order valence-electron chi connectivity index (χ0n) is 7.47. The largest absolute Gasteiger partial charge is 0.477 e. The van der Waals surface area contributed by atoms with Crippen LogP contribution in [0.2, 0.25) is 0 Å². The van der Waals surface area contributed by atoms with E-state index in [0.717, 1.165) is 11.1 Å². The molecule has 72 valence electrons. The minimum atomic E-state index is -0.939. The van der Waals surface area contributed by atoms with Crippen LogP contribution in [0.1, 0.15) is 16.1 Å². The second-order valence-electron chi connectivity index (χ2n) is 3.02. The molecule has 14 heavy (non-hydrogen) atoms. The highest BCUT2D eigenvalue weighted by atomic mass is 16.4. The Balaban J connectivity index is 2.80. The van der Waals surface area contributed by atoms with Gasteiger partial charge in [0.15, 0.2) is 0 Å². The zero-order valence-corrected chi connectivity index (χ0v) is 7.47. The fourth-order valence-corrected chi connectivity index (χ4v) is 1.55. The van der Waals surface area contributed by atoms with Crippen molar-refractivity contribution in [3.8, 4) is 0 Å². The summed E-state index contributed by atoms with van der Waals surface area (Å²) in [6, 6.07) is 7.12. The van der Waals surface area contributed by atoms with Gasteiger partial charge < -0.3 is 15.2 Å². The Morgan fingerprint density at radius 2 is 2.29 bits per heavy atom. The van der Waals surface area contributed by atoms with Gasteiger partial charge in [-0.05, 0) is 23.8 Å². The van der Waals surface area contributed by atoms with Gasteiger partial charge in [-0.2, -0.15) is 0 Å². The van der Waals surface area contributed by atoms with Gasteiger partial charge in [0, 0.05) is 12.7 Å². The van der Waals surface area contributed by atoms with Crippen LogP contribution in [0.4, 0.5) is 0 Å². The predicted molar refractivity (Wildman–Crippen MR) is 52.2 cm³/mol. The normalized spacial score (nSPS) is 10.6. The zero-order chi connectivity index (χ0) is 10.1. The van der Waals surface area contributed by atoms with Gasteiger partial charge in [-0.1, -0.05) is 6.07 Å². The Labute approximate surface area is 80.6 Å². The molecule has 0 aromatic carbocycles. The van der Waals surface area contributed by atoms with Gasteiger partial charge >= 0.3 is 5.97 Å². The minimum Gasteiger partial charge on any atom is -0.477 e. The molecule has 0 aliphatic carbocycles. The van der Waals surface area contributed by atoms with E-state index in [2.05, 4.69) is 0 Å². The highest BCUT2D eigenvalue weighted by Gasteiger charge is 2.12. The Morgan fingerprint density at radius 1 is 1.50 bits per heavy atom. The third-order valence-electron chi connectivity index (χ3n) is 2.20. The topological polar surface area (TPSA) is 67.7 Å². The third-order valence-corrected chi connectivity index (χ3v) is 2.20. The van der Waals surface area contributed by atoms with Crippen molar-refractivity contribution in [2.24, 2.45) is 5.73 Å². The minimum absolute atomic E-state index is 0.251. The van der Waals surface area contributed by atoms with Crippen LogP contribution in [-0.2, 0) is 6.54 Å². The average Bonchev–Trinajstić information content (AvgIpc) is 2.56. The average molecular weight is 190 g/mol. The standard InChI is InChI=1S/C10H10N2O2/c11-6-7-5-9(10(13)14)12-4-2-1-3-8(7)12/h1-5H,6,11H2,(H,13,14). The molecule has 0 aliphatic rings. The Bertz CT molecular complexity index is 488. The molecule has 0 fully saturated rings. The van der Waals surface area contributed by atoms with Crippen molar-refractivity contribution in [2.45, 2.75) is 6.54 Å². The van der Waals surface area contributed by atoms with Crippen molar-refractivity contribution >= 4 is 11.5 Å². The molecule has 2 aromatic heterocycles. The van der Waals surface area contributed by atoms with Gasteiger partial charge in [0.05, 0.1) is 5.52 Å². The van der Waals surface area contributed by atoms with E-state index in [-0.39, 0.29) is 5.69 Å². The van der Waals surface area contributed by atoms with E-state index < -0.39 is 5.97 Å². The molecule has 0 amide bonds. The van der Waals surface area contributed by atoms with Crippen LogP contribution in [0.3, 0.4) is 0 Å². The molecule has 2 aromatic rings. The molecule has 0 aliphatic heterocycles. The Morgan fingerprint density at radius 3 is 2.93 bits per heavy atom. The maximum atomic E-state index is 10.9. The highest BCUT2D eigenvalue weighted by molar-refractivity contribution is 5.88. The molecule has 0 saturated heterocycles. The lowest BCUT2D eigenvalue weighted by atomic mass is 10.2. The number of hydrogen-bond acceptors (Lipinski definition) is 2. The summed E-state index contributed by atoms with van der Waals surface area (Å²) in [5.74, 6) is -0.939. The first kappa shape index (κ1) is 8.77. The first-order chi connectivity index (χ1) is 6.74. The fraction of sp³-hybridized carbons (Fsp3) is 0.100. The monoisotopic (exact) mass is 190 g/mol. The summed E-state index contributed by atoms with van der Waals surface area (Å²) >= 11 is 0. The van der Waals surface area contributed by atoms with Crippen molar-refractivity contribution < 1.29 is 9.90 Å². The molecule has 0 bridgehead atoms. The number of carboxylic acid groups (broad SMARTS) is 1. The predicted octanol–water partition coefficient (Wildman–Crippen LogP) is 1.10. The summed E-state index contributed by atoms with van der Waals surface area (Å²) in [5, 5.41) is 8.93. The summed E-state index contributed by atoms with van der Waals surface area (Å²) in [6.45, 7) is 0.348. The van der Waals surface area contributed by atoms with Crippen LogP contribution in [0, 0.1) is 0 Å². The Hall–Kier alpha value is -1.81. The van der Waals surface area contributed by atoms with Gasteiger partial charge in [-0.15, -0.1) is 0 Å². The summed E-state index contributed by atoms with van der Waals surface area (Å²) in [4.78, 5) is 10.9. The number of carbonyl (C=O) groups is 1. The lowest BCUT2D eigenvalue weighted by Gasteiger charge is -1.97. The van der Waals surface area contributed by atoms with E-state index in [1.807, 2.05) is 12.1 Å². The van der Waals surface area contributed by atoms with Gasteiger partial charge in [0.2, 0.25) is 0 Å². The molecule has 4 heteroatoms. The van der Waals surface area contributed by atoms with E-state index in [9.17, 15) is 4.79 Å². The third kappa shape index (κ3) is 1.16. The quantitative estimate of drug-likeness (QED) is 0.745. The maximum absolute atomic E-state index is 10.9. The van der Waals surface area contributed by atoms with Crippen molar-refractivity contribution in [1.29, 1.82) is 0 Å². The van der Waals surface area contributed by atoms with Gasteiger partial charge in [0.25, 0.3) is 0 Å². The van der Waals surface area contributed by atoms with E-state index in [4.69, 9.17) is 10.8 Å². The van der Waals surface area contributed by atoms with E-state index in [1.165, 1.54) is 0 Å². The fourth-order valence-electron chi connectivity index (χ4n) is 1.55. The molecule has 0 radical (unpaired) electrons. The number of pyridine rings is 1. The maximum Gasteiger partial charge on any atom is 0.352 e. The number of aromatic carboxylic acids is 1. The lowest BCUT2D eigenvalue weighted by molar-refractivity contribution is 0.0689. The van der Waals surface area contributed by atoms with Crippen LogP contribution in [0.25, 0.3) is 5.52 Å². The van der Waals surface area contributed by atoms with E-state index in [0.29, 0.717) is 6.54 Å². The van der Waals surface area contributed by atoms with Crippen molar-refractivity contribution in [2.75, 3.05) is 0 Å². The molecular weight excluding hydrogens is 180 g/mol. The van der Waals surface area contributed by atoms with Crippen LogP contribution in [0.15, 0.2) is 30.5 Å². The SMILES string of the molecule is NCc1cc(C(=O)O)n2ccccc12. The molecular formula is C10H10N2O2. The summed E-state index contributed by atoms with van der Waals surface area (Å²) in [7, 11) is 0. The first-order valence-corrected chi connectivity index (χ1v) is 4.26.